The number of carbonyl (C=O) groups excluding carboxylic acids is 1. The highest BCUT2D eigenvalue weighted by molar-refractivity contribution is 5.82. The molecule has 2 heterocycles. The van der Waals surface area contributed by atoms with E-state index in [1.54, 1.807) is 0 Å². The van der Waals surface area contributed by atoms with Crippen molar-refractivity contribution in [3.8, 4) is 0 Å². The topological polar surface area (TPSA) is 29.1 Å². The molecule has 1 N–H and O–H groups in total. The Hall–Kier alpha value is -1.41. The van der Waals surface area contributed by atoms with Gasteiger partial charge in [-0.05, 0) is 43.2 Å². The molecule has 0 radical (unpaired) electrons. The normalized spacial score (nSPS) is 31.1. The second kappa shape index (κ2) is 5.76. The lowest BCUT2D eigenvalue weighted by atomic mass is 9.74. The molecule has 2 fully saturated rings. The van der Waals surface area contributed by atoms with Crippen molar-refractivity contribution >= 4 is 11.4 Å². The van der Waals surface area contributed by atoms with Crippen LogP contribution in [-0.4, -0.2) is 17.9 Å². The van der Waals surface area contributed by atoms with Crippen LogP contribution >= 0.6 is 0 Å². The minimum Gasteiger partial charge on any atom is -0.310 e. The van der Waals surface area contributed by atoms with Crippen LogP contribution < -0.4 is 5.32 Å². The summed E-state index contributed by atoms with van der Waals surface area (Å²) in [5, 5.41) is 3.65. The minimum absolute atomic E-state index is 0.157. The summed E-state index contributed by atoms with van der Waals surface area (Å²) >= 11 is 0. The minimum atomic E-state index is 0.157. The summed E-state index contributed by atoms with van der Waals surface area (Å²) in [6.07, 6.45) is 4.12. The molecule has 0 aliphatic carbocycles. The van der Waals surface area contributed by atoms with Gasteiger partial charge in [-0.1, -0.05) is 43.3 Å². The van der Waals surface area contributed by atoms with E-state index in [0.717, 1.165) is 18.4 Å². The van der Waals surface area contributed by atoms with Crippen LogP contribution in [0.25, 0.3) is 5.57 Å². The van der Waals surface area contributed by atoms with Crippen LogP contribution in [0.3, 0.4) is 0 Å². The van der Waals surface area contributed by atoms with Crippen molar-refractivity contribution < 1.29 is 4.79 Å². The average molecular weight is 283 g/mol. The Labute approximate surface area is 127 Å². The smallest absolute Gasteiger partial charge is 0.137 e. The number of rotatable bonds is 4. The zero-order valence-electron chi connectivity index (χ0n) is 13.1. The lowest BCUT2D eigenvalue weighted by Crippen LogP contribution is -2.47. The van der Waals surface area contributed by atoms with Crippen LogP contribution in [0.4, 0.5) is 0 Å². The monoisotopic (exact) mass is 283 g/mol. The highest BCUT2D eigenvalue weighted by Crippen LogP contribution is 2.42. The third-order valence-electron chi connectivity index (χ3n) is 5.23. The van der Waals surface area contributed by atoms with Crippen molar-refractivity contribution in [1.29, 1.82) is 0 Å². The Morgan fingerprint density at radius 1 is 1.29 bits per heavy atom. The van der Waals surface area contributed by atoms with Gasteiger partial charge in [0.1, 0.15) is 5.78 Å². The molecule has 2 heteroatoms. The number of Topliss-reactive ketones (excluding diaryl/α,β-unsaturated/α-hetero) is 1. The summed E-state index contributed by atoms with van der Waals surface area (Å²) in [5.74, 6) is 0.960. The summed E-state index contributed by atoms with van der Waals surface area (Å²) in [6, 6.07) is 9.69. The number of carbonyl (C=O) groups is 1. The van der Waals surface area contributed by atoms with Crippen molar-refractivity contribution in [1.82, 2.24) is 5.32 Å². The molecule has 21 heavy (non-hydrogen) atoms. The van der Waals surface area contributed by atoms with Crippen molar-refractivity contribution in [3.63, 3.8) is 0 Å². The summed E-state index contributed by atoms with van der Waals surface area (Å²) in [7, 11) is 0. The van der Waals surface area contributed by atoms with E-state index in [2.05, 4.69) is 36.2 Å². The molecule has 0 saturated carbocycles. The van der Waals surface area contributed by atoms with Crippen LogP contribution in [0.1, 0.15) is 56.6 Å². The zero-order valence-corrected chi connectivity index (χ0v) is 13.1. The Morgan fingerprint density at radius 3 is 2.62 bits per heavy atom. The van der Waals surface area contributed by atoms with E-state index in [1.165, 1.54) is 17.5 Å². The molecule has 1 aromatic rings. The SMILES string of the molecule is C=C(C)c1ccc([C@@H]2C[C@H]3CC[C@@H](N3)[C@H]2C(=O)CC)cc1. The molecule has 2 saturated heterocycles. The first-order chi connectivity index (χ1) is 10.1. The quantitative estimate of drug-likeness (QED) is 0.907. The van der Waals surface area contributed by atoms with Gasteiger partial charge in [0.05, 0.1) is 0 Å². The maximum Gasteiger partial charge on any atom is 0.137 e. The van der Waals surface area contributed by atoms with Gasteiger partial charge in [-0.2, -0.15) is 0 Å². The predicted octanol–water partition coefficient (Wildman–Crippen LogP) is 3.92. The van der Waals surface area contributed by atoms with Crippen LogP contribution in [0.15, 0.2) is 30.8 Å². The average Bonchev–Trinajstić information content (AvgIpc) is 2.88. The van der Waals surface area contributed by atoms with Crippen LogP contribution in [-0.2, 0) is 4.79 Å². The number of fused-ring (bicyclic) bond motifs is 2. The fraction of sp³-hybridized carbons (Fsp3) is 0.526. The van der Waals surface area contributed by atoms with Crippen molar-refractivity contribution in [2.45, 2.75) is 57.5 Å². The Kier molecular flexibility index (Phi) is 3.99. The van der Waals surface area contributed by atoms with Crippen LogP contribution in [0.5, 0.6) is 0 Å². The molecule has 2 bridgehead atoms. The van der Waals surface area contributed by atoms with Gasteiger partial charge in [0.25, 0.3) is 0 Å². The van der Waals surface area contributed by atoms with Crippen molar-refractivity contribution in [2.75, 3.05) is 0 Å². The number of benzene rings is 1. The van der Waals surface area contributed by atoms with E-state index in [0.29, 0.717) is 30.2 Å². The molecule has 2 aliphatic rings. The van der Waals surface area contributed by atoms with Crippen LogP contribution in [0, 0.1) is 5.92 Å². The second-order valence-electron chi connectivity index (χ2n) is 6.64. The third kappa shape index (κ3) is 2.69. The van der Waals surface area contributed by atoms with Gasteiger partial charge < -0.3 is 5.32 Å². The number of allylic oxidation sites excluding steroid dienone is 1. The maximum atomic E-state index is 12.5. The molecule has 2 aliphatic heterocycles. The summed E-state index contributed by atoms with van der Waals surface area (Å²) in [4.78, 5) is 12.5. The lowest BCUT2D eigenvalue weighted by molar-refractivity contribution is -0.124. The van der Waals surface area contributed by atoms with E-state index in [-0.39, 0.29) is 5.92 Å². The summed E-state index contributed by atoms with van der Waals surface area (Å²) in [6.45, 7) is 8.02. The molecule has 112 valence electrons. The number of hydrogen-bond acceptors (Lipinski definition) is 2. The van der Waals surface area contributed by atoms with Gasteiger partial charge >= 0.3 is 0 Å². The molecular weight excluding hydrogens is 258 g/mol. The first-order valence-electron chi connectivity index (χ1n) is 8.14. The van der Waals surface area contributed by atoms with E-state index in [4.69, 9.17) is 0 Å². The fourth-order valence-corrected chi connectivity index (χ4v) is 4.10. The molecule has 1 aromatic carbocycles. The molecule has 3 rings (SSSR count). The van der Waals surface area contributed by atoms with Gasteiger partial charge in [-0.15, -0.1) is 0 Å². The number of piperidine rings is 1. The maximum absolute atomic E-state index is 12.5. The van der Waals surface area contributed by atoms with Gasteiger partial charge in [0, 0.05) is 24.4 Å². The molecule has 0 spiro atoms. The standard InChI is InChI=1S/C19H25NO/c1-4-18(21)19-16(11-15-9-10-17(19)20-15)14-7-5-13(6-8-14)12(2)3/h5-8,15-17,19-20H,2,4,9-11H2,1,3H3/t15-,16+,17-,19+/m1/s1. The lowest BCUT2D eigenvalue weighted by Gasteiger charge is -2.37. The van der Waals surface area contributed by atoms with Gasteiger partial charge in [0.2, 0.25) is 0 Å². The first kappa shape index (κ1) is 14.5. The Morgan fingerprint density at radius 2 is 2.00 bits per heavy atom. The van der Waals surface area contributed by atoms with E-state index in [1.807, 2.05) is 13.8 Å². The summed E-state index contributed by atoms with van der Waals surface area (Å²) in [5.41, 5.74) is 3.60. The van der Waals surface area contributed by atoms with E-state index < -0.39 is 0 Å². The first-order valence-corrected chi connectivity index (χ1v) is 8.14. The molecule has 0 unspecified atom stereocenters. The Balaban J connectivity index is 1.90. The highest BCUT2D eigenvalue weighted by atomic mass is 16.1. The summed E-state index contributed by atoms with van der Waals surface area (Å²) < 4.78 is 0. The molecule has 2 nitrogen and oxygen atoms in total. The molecule has 4 atom stereocenters. The second-order valence-corrected chi connectivity index (χ2v) is 6.64. The van der Waals surface area contributed by atoms with Gasteiger partial charge in [-0.3, -0.25) is 4.79 Å². The van der Waals surface area contributed by atoms with Crippen molar-refractivity contribution in [3.05, 3.63) is 42.0 Å². The van der Waals surface area contributed by atoms with Gasteiger partial charge in [0.15, 0.2) is 0 Å². The van der Waals surface area contributed by atoms with Crippen molar-refractivity contribution in [2.24, 2.45) is 5.92 Å². The molecule has 0 aromatic heterocycles. The largest absolute Gasteiger partial charge is 0.310 e. The number of nitrogens with one attached hydrogen (secondary N) is 1. The third-order valence-corrected chi connectivity index (χ3v) is 5.23. The number of hydrogen-bond donors (Lipinski definition) is 1. The molecule has 0 amide bonds. The van der Waals surface area contributed by atoms with Crippen LogP contribution in [0.2, 0.25) is 0 Å². The van der Waals surface area contributed by atoms with E-state index in [9.17, 15) is 4.79 Å². The predicted molar refractivity (Wildman–Crippen MR) is 87.2 cm³/mol. The van der Waals surface area contributed by atoms with E-state index >= 15 is 0 Å². The fourth-order valence-electron chi connectivity index (χ4n) is 4.10. The number of ketones is 1. The van der Waals surface area contributed by atoms with Gasteiger partial charge in [-0.25, -0.2) is 0 Å². The Bertz CT molecular complexity index is 545. The molecular formula is C19H25NO. The zero-order chi connectivity index (χ0) is 15.0. The highest BCUT2D eigenvalue weighted by Gasteiger charge is 2.44.